The van der Waals surface area contributed by atoms with Gasteiger partial charge in [0, 0.05) is 5.92 Å². The van der Waals surface area contributed by atoms with Gasteiger partial charge in [0.2, 0.25) is 5.91 Å². The predicted molar refractivity (Wildman–Crippen MR) is 49.1 cm³/mol. The third-order valence-electron chi connectivity index (χ3n) is 3.28. The Bertz CT molecular complexity index is 201. The van der Waals surface area contributed by atoms with Crippen LogP contribution >= 0.6 is 0 Å². The molecule has 2 saturated carbocycles. The molecule has 0 spiro atoms. The Balaban J connectivity index is 1.79. The lowest BCUT2D eigenvalue weighted by Crippen LogP contribution is -2.44. The minimum atomic E-state index is -0.302. The van der Waals surface area contributed by atoms with Crippen molar-refractivity contribution >= 4 is 5.91 Å². The molecule has 2 unspecified atom stereocenters. The van der Waals surface area contributed by atoms with Crippen molar-refractivity contribution in [2.75, 3.05) is 0 Å². The van der Waals surface area contributed by atoms with Gasteiger partial charge in [0.15, 0.2) is 0 Å². The van der Waals surface area contributed by atoms with Gasteiger partial charge in [-0.15, -0.1) is 0 Å². The molecular weight excluding hydrogens is 166 g/mol. The van der Waals surface area contributed by atoms with Crippen molar-refractivity contribution in [3.63, 3.8) is 0 Å². The van der Waals surface area contributed by atoms with E-state index in [2.05, 4.69) is 5.32 Å². The van der Waals surface area contributed by atoms with Gasteiger partial charge in [0.1, 0.15) is 0 Å². The molecule has 0 aromatic carbocycles. The van der Waals surface area contributed by atoms with Crippen molar-refractivity contribution in [1.82, 2.24) is 5.32 Å². The Morgan fingerprint density at radius 2 is 1.85 bits per heavy atom. The molecule has 0 saturated heterocycles. The van der Waals surface area contributed by atoms with Crippen LogP contribution in [-0.2, 0) is 4.79 Å². The molecule has 74 valence electrons. The molecular formula is C10H17NO2. The second kappa shape index (κ2) is 3.66. The van der Waals surface area contributed by atoms with E-state index in [0.29, 0.717) is 0 Å². The molecule has 0 bridgehead atoms. The molecule has 2 N–H and O–H groups in total. The maximum atomic E-state index is 11.5. The Morgan fingerprint density at radius 1 is 1.15 bits per heavy atom. The lowest BCUT2D eigenvalue weighted by Gasteiger charge is -2.26. The second-order valence-electron chi connectivity index (χ2n) is 4.24. The van der Waals surface area contributed by atoms with E-state index >= 15 is 0 Å². The molecule has 1 amide bonds. The average molecular weight is 183 g/mol. The molecule has 0 radical (unpaired) electrons. The minimum absolute atomic E-state index is 0.0353. The van der Waals surface area contributed by atoms with Crippen LogP contribution in [0.3, 0.4) is 0 Å². The zero-order chi connectivity index (χ0) is 9.26. The van der Waals surface area contributed by atoms with Gasteiger partial charge in [-0.3, -0.25) is 4.79 Å². The number of hydrogen-bond donors (Lipinski definition) is 2. The summed E-state index contributed by atoms with van der Waals surface area (Å²) in [5.41, 5.74) is 0. The summed E-state index contributed by atoms with van der Waals surface area (Å²) < 4.78 is 0. The molecule has 0 aliphatic heterocycles. The molecule has 2 aliphatic carbocycles. The maximum Gasteiger partial charge on any atom is 0.223 e. The van der Waals surface area contributed by atoms with Crippen LogP contribution in [0.2, 0.25) is 0 Å². The van der Waals surface area contributed by atoms with Crippen LogP contribution in [-0.4, -0.2) is 23.2 Å². The van der Waals surface area contributed by atoms with Crippen molar-refractivity contribution in [3.8, 4) is 0 Å². The maximum absolute atomic E-state index is 11.5. The van der Waals surface area contributed by atoms with E-state index < -0.39 is 0 Å². The van der Waals surface area contributed by atoms with E-state index in [1.807, 2.05) is 0 Å². The highest BCUT2D eigenvalue weighted by molar-refractivity contribution is 5.79. The van der Waals surface area contributed by atoms with Crippen LogP contribution in [0.1, 0.15) is 38.5 Å². The summed E-state index contributed by atoms with van der Waals surface area (Å²) in [4.78, 5) is 11.5. The molecule has 2 aliphatic rings. The van der Waals surface area contributed by atoms with Gasteiger partial charge >= 0.3 is 0 Å². The molecule has 0 heterocycles. The first-order valence-corrected chi connectivity index (χ1v) is 5.26. The number of hydrogen-bond acceptors (Lipinski definition) is 2. The van der Waals surface area contributed by atoms with Gasteiger partial charge < -0.3 is 10.4 Å². The largest absolute Gasteiger partial charge is 0.391 e. The van der Waals surface area contributed by atoms with Gasteiger partial charge in [0.05, 0.1) is 12.1 Å². The lowest BCUT2D eigenvalue weighted by molar-refractivity contribution is -0.128. The summed E-state index contributed by atoms with van der Waals surface area (Å²) in [6, 6.07) is 0.0353. The normalized spacial score (nSPS) is 34.2. The van der Waals surface area contributed by atoms with Gasteiger partial charge in [-0.2, -0.15) is 0 Å². The minimum Gasteiger partial charge on any atom is -0.391 e. The van der Waals surface area contributed by atoms with E-state index in [1.54, 1.807) is 0 Å². The highest BCUT2D eigenvalue weighted by Crippen LogP contribution is 2.27. The third kappa shape index (κ3) is 1.85. The second-order valence-corrected chi connectivity index (χ2v) is 4.24. The number of nitrogens with one attached hydrogen (secondary N) is 1. The summed E-state index contributed by atoms with van der Waals surface area (Å²) in [5, 5.41) is 12.4. The molecule has 13 heavy (non-hydrogen) atoms. The number of aliphatic hydroxyl groups is 1. The highest BCUT2D eigenvalue weighted by atomic mass is 16.3. The SMILES string of the molecule is O=C(NC1CCCC1O)C1CCC1. The molecule has 2 atom stereocenters. The average Bonchev–Trinajstić information content (AvgIpc) is 2.32. The van der Waals surface area contributed by atoms with Crippen molar-refractivity contribution in [2.24, 2.45) is 5.92 Å². The summed E-state index contributed by atoms with van der Waals surface area (Å²) in [7, 11) is 0. The van der Waals surface area contributed by atoms with E-state index in [0.717, 1.165) is 32.1 Å². The lowest BCUT2D eigenvalue weighted by atomic mass is 9.84. The predicted octanol–water partition coefficient (Wildman–Crippen LogP) is 0.816. The van der Waals surface area contributed by atoms with Crippen molar-refractivity contribution in [2.45, 2.75) is 50.7 Å². The Kier molecular flexibility index (Phi) is 2.54. The molecule has 3 heteroatoms. The molecule has 3 nitrogen and oxygen atoms in total. The summed E-state index contributed by atoms with van der Waals surface area (Å²) in [6.45, 7) is 0. The highest BCUT2D eigenvalue weighted by Gasteiger charge is 2.31. The van der Waals surface area contributed by atoms with Crippen LogP contribution in [0.5, 0.6) is 0 Å². The van der Waals surface area contributed by atoms with Crippen LogP contribution < -0.4 is 5.32 Å². The first-order valence-electron chi connectivity index (χ1n) is 5.26. The fourth-order valence-corrected chi connectivity index (χ4v) is 2.08. The quantitative estimate of drug-likeness (QED) is 0.665. The first-order chi connectivity index (χ1) is 6.27. The molecule has 2 fully saturated rings. The first kappa shape index (κ1) is 9.00. The van der Waals surface area contributed by atoms with Crippen molar-refractivity contribution in [1.29, 1.82) is 0 Å². The smallest absolute Gasteiger partial charge is 0.223 e. The number of carbonyl (C=O) groups is 1. The van der Waals surface area contributed by atoms with E-state index in [1.165, 1.54) is 6.42 Å². The Morgan fingerprint density at radius 3 is 2.31 bits per heavy atom. The molecule has 0 aromatic heterocycles. The van der Waals surface area contributed by atoms with Gasteiger partial charge in [-0.05, 0) is 32.1 Å². The standard InChI is InChI=1S/C10H17NO2/c12-9-6-2-5-8(9)11-10(13)7-3-1-4-7/h7-9,12H,1-6H2,(H,11,13). The molecule has 2 rings (SSSR count). The van der Waals surface area contributed by atoms with E-state index in [4.69, 9.17) is 0 Å². The van der Waals surface area contributed by atoms with E-state index in [9.17, 15) is 9.90 Å². The number of rotatable bonds is 2. The fraction of sp³-hybridized carbons (Fsp3) is 0.900. The monoisotopic (exact) mass is 183 g/mol. The zero-order valence-corrected chi connectivity index (χ0v) is 7.83. The van der Waals surface area contributed by atoms with Gasteiger partial charge in [-0.25, -0.2) is 0 Å². The van der Waals surface area contributed by atoms with E-state index in [-0.39, 0.29) is 24.0 Å². The van der Waals surface area contributed by atoms with Crippen molar-refractivity contribution < 1.29 is 9.90 Å². The number of aliphatic hydroxyl groups excluding tert-OH is 1. The summed E-state index contributed by atoms with van der Waals surface area (Å²) in [6.07, 6.45) is 5.78. The summed E-state index contributed by atoms with van der Waals surface area (Å²) >= 11 is 0. The van der Waals surface area contributed by atoms with Gasteiger partial charge in [-0.1, -0.05) is 6.42 Å². The molecule has 0 aromatic rings. The van der Waals surface area contributed by atoms with Crippen LogP contribution in [0.25, 0.3) is 0 Å². The topological polar surface area (TPSA) is 49.3 Å². The fourth-order valence-electron chi connectivity index (χ4n) is 2.08. The Labute approximate surface area is 78.5 Å². The van der Waals surface area contributed by atoms with Crippen LogP contribution in [0, 0.1) is 5.92 Å². The number of carbonyl (C=O) groups excluding carboxylic acids is 1. The van der Waals surface area contributed by atoms with Crippen LogP contribution in [0.15, 0.2) is 0 Å². The third-order valence-corrected chi connectivity index (χ3v) is 3.28. The van der Waals surface area contributed by atoms with Crippen LogP contribution in [0.4, 0.5) is 0 Å². The van der Waals surface area contributed by atoms with Crippen molar-refractivity contribution in [3.05, 3.63) is 0 Å². The Hall–Kier alpha value is -0.570. The zero-order valence-electron chi connectivity index (χ0n) is 7.83. The number of amides is 1. The summed E-state index contributed by atoms with van der Waals surface area (Å²) in [5.74, 6) is 0.407. The van der Waals surface area contributed by atoms with Gasteiger partial charge in [0.25, 0.3) is 0 Å².